The van der Waals surface area contributed by atoms with Gasteiger partial charge in [-0.3, -0.25) is 0 Å². The van der Waals surface area contributed by atoms with Gasteiger partial charge in [-0.05, 0) is 70.3 Å². The smallest absolute Gasteiger partial charge is 0.203 e. The van der Waals surface area contributed by atoms with Gasteiger partial charge in [-0.1, -0.05) is 140 Å². The van der Waals surface area contributed by atoms with Crippen LogP contribution >= 0.6 is 0 Å². The fourth-order valence-corrected chi connectivity index (χ4v) is 8.28. The van der Waals surface area contributed by atoms with Gasteiger partial charge in [0, 0.05) is 38.5 Å². The third kappa shape index (κ3) is 4.68. The van der Waals surface area contributed by atoms with Gasteiger partial charge in [-0.15, -0.1) is 0 Å². The monoisotopic (exact) mass is 686 g/mol. The van der Waals surface area contributed by atoms with Gasteiger partial charge >= 0.3 is 0 Å². The Balaban J connectivity index is 1.34. The molecule has 10 aromatic rings. The molecule has 8 aromatic carbocycles. The number of benzene rings is 8. The molecule has 54 heavy (non-hydrogen) atoms. The minimum absolute atomic E-state index is 0.465. The minimum atomic E-state index is 0.465. The van der Waals surface area contributed by atoms with Gasteiger partial charge < -0.3 is 9.13 Å². The SMILES string of the molecule is [C-]#[N+]c1c(-c2ccc3c4ccc5c(c6ccccc6n5-c5ccccc5)c4n(-c4ccccc4)c3c2)cc(-c2ccccc2)c(C#N)c1-c1ccccc1. The van der Waals surface area contributed by atoms with Crippen molar-refractivity contribution in [3.63, 3.8) is 0 Å². The molecule has 0 N–H and O–H groups in total. The molecule has 4 heteroatoms. The highest BCUT2D eigenvalue weighted by atomic mass is 15.0. The zero-order valence-electron chi connectivity index (χ0n) is 29.1. The summed E-state index contributed by atoms with van der Waals surface area (Å²) < 4.78 is 4.74. The van der Waals surface area contributed by atoms with Crippen LogP contribution in [-0.2, 0) is 0 Å². The molecular weight excluding hydrogens is 657 g/mol. The zero-order chi connectivity index (χ0) is 36.2. The Morgan fingerprint density at radius 2 is 1.06 bits per heavy atom. The first-order chi connectivity index (χ1) is 26.7. The molecule has 0 fully saturated rings. The van der Waals surface area contributed by atoms with E-state index in [1.54, 1.807) is 0 Å². The van der Waals surface area contributed by atoms with E-state index >= 15 is 0 Å². The minimum Gasteiger partial charge on any atom is -0.309 e. The van der Waals surface area contributed by atoms with Gasteiger partial charge in [-0.25, -0.2) is 4.85 Å². The molecule has 2 heterocycles. The molecule has 2 aromatic heterocycles. The van der Waals surface area contributed by atoms with Gasteiger partial charge in [0.25, 0.3) is 0 Å². The van der Waals surface area contributed by atoms with Crippen molar-refractivity contribution in [1.29, 1.82) is 5.26 Å². The second-order valence-corrected chi connectivity index (χ2v) is 13.5. The van der Waals surface area contributed by atoms with Crippen LogP contribution in [0.3, 0.4) is 0 Å². The van der Waals surface area contributed by atoms with Crippen molar-refractivity contribution in [1.82, 2.24) is 9.13 Å². The van der Waals surface area contributed by atoms with Crippen LogP contribution in [0.25, 0.3) is 93.2 Å². The summed E-state index contributed by atoms with van der Waals surface area (Å²) in [6.07, 6.45) is 0. The first-order valence-electron chi connectivity index (χ1n) is 18.0. The molecule has 0 amide bonds. The molecule has 0 unspecified atom stereocenters. The molecular formula is C50H30N4. The number of aromatic nitrogens is 2. The summed E-state index contributed by atoms with van der Waals surface area (Å²) in [6, 6.07) is 65.2. The summed E-state index contributed by atoms with van der Waals surface area (Å²) in [5.41, 5.74) is 12.5. The van der Waals surface area contributed by atoms with Gasteiger partial charge in [0.05, 0.1) is 40.3 Å². The van der Waals surface area contributed by atoms with Crippen LogP contribution in [0.2, 0.25) is 0 Å². The number of hydrogen-bond acceptors (Lipinski definition) is 1. The van der Waals surface area contributed by atoms with E-state index < -0.39 is 0 Å². The summed E-state index contributed by atoms with van der Waals surface area (Å²) in [6.45, 7) is 8.55. The highest BCUT2D eigenvalue weighted by Crippen LogP contribution is 2.48. The summed E-state index contributed by atoms with van der Waals surface area (Å²) in [4.78, 5) is 4.17. The van der Waals surface area contributed by atoms with Gasteiger partial charge in [0.15, 0.2) is 0 Å². The molecule has 0 radical (unpaired) electrons. The zero-order valence-corrected chi connectivity index (χ0v) is 29.1. The van der Waals surface area contributed by atoms with Crippen molar-refractivity contribution in [3.05, 3.63) is 199 Å². The van der Waals surface area contributed by atoms with Crippen molar-refractivity contribution in [2.24, 2.45) is 0 Å². The molecule has 0 saturated carbocycles. The molecule has 0 aliphatic heterocycles. The molecule has 0 aliphatic rings. The first-order valence-corrected chi connectivity index (χ1v) is 18.0. The predicted molar refractivity (Wildman–Crippen MR) is 222 cm³/mol. The second-order valence-electron chi connectivity index (χ2n) is 13.5. The fourth-order valence-electron chi connectivity index (χ4n) is 8.28. The Hall–Kier alpha value is -7.66. The number of para-hydroxylation sites is 3. The molecule has 250 valence electrons. The van der Waals surface area contributed by atoms with Crippen LogP contribution in [0.15, 0.2) is 182 Å². The summed E-state index contributed by atoms with van der Waals surface area (Å²) in [5, 5.41) is 15.3. The summed E-state index contributed by atoms with van der Waals surface area (Å²) in [7, 11) is 0. The average molecular weight is 687 g/mol. The van der Waals surface area contributed by atoms with Crippen molar-refractivity contribution in [2.45, 2.75) is 0 Å². The quantitative estimate of drug-likeness (QED) is 0.166. The maximum atomic E-state index is 10.7. The fraction of sp³-hybridized carbons (Fsp3) is 0. The van der Waals surface area contributed by atoms with Crippen molar-refractivity contribution in [3.8, 4) is 50.8 Å². The van der Waals surface area contributed by atoms with E-state index in [2.05, 4.69) is 135 Å². The standard InChI is InChI=1S/C50H30N4/c1-52-49-42(31-41(33-16-6-2-7-17-33)43(32-51)47(49)34-18-8-3-9-19-34)35-26-27-38-39-28-29-45-48(50(39)54(46(38)30-35)37-22-12-5-13-23-37)40-24-14-15-25-44(40)53(45)36-20-10-4-11-21-36/h2-31H. The van der Waals surface area contributed by atoms with E-state index in [1.165, 1.54) is 10.8 Å². The normalized spacial score (nSPS) is 11.3. The summed E-state index contributed by atoms with van der Waals surface area (Å²) in [5.74, 6) is 0. The lowest BCUT2D eigenvalue weighted by molar-refractivity contribution is 1.17. The van der Waals surface area contributed by atoms with Gasteiger partial charge in [-0.2, -0.15) is 5.26 Å². The lowest BCUT2D eigenvalue weighted by atomic mass is 9.86. The van der Waals surface area contributed by atoms with Gasteiger partial charge in [0.1, 0.15) is 0 Å². The number of fused-ring (bicyclic) bond motifs is 7. The predicted octanol–water partition coefficient (Wildman–Crippen LogP) is 13.3. The third-order valence-corrected chi connectivity index (χ3v) is 10.6. The lowest BCUT2D eigenvalue weighted by Gasteiger charge is -2.17. The highest BCUT2D eigenvalue weighted by molar-refractivity contribution is 6.26. The number of nitriles is 1. The van der Waals surface area contributed by atoms with Crippen molar-refractivity contribution >= 4 is 49.3 Å². The number of rotatable bonds is 5. The van der Waals surface area contributed by atoms with Crippen LogP contribution < -0.4 is 0 Å². The topological polar surface area (TPSA) is 38.0 Å². The van der Waals surface area contributed by atoms with E-state index in [4.69, 9.17) is 6.57 Å². The Bertz CT molecular complexity index is 3140. The number of nitrogens with zero attached hydrogens (tertiary/aromatic N) is 4. The highest BCUT2D eigenvalue weighted by Gasteiger charge is 2.24. The van der Waals surface area contributed by atoms with Crippen LogP contribution in [0, 0.1) is 17.9 Å². The van der Waals surface area contributed by atoms with E-state index in [0.29, 0.717) is 16.8 Å². The maximum Gasteiger partial charge on any atom is 0.203 e. The second kappa shape index (κ2) is 12.5. The average Bonchev–Trinajstić information content (AvgIpc) is 3.76. The Morgan fingerprint density at radius 3 is 1.72 bits per heavy atom. The van der Waals surface area contributed by atoms with E-state index in [1.807, 2.05) is 66.7 Å². The van der Waals surface area contributed by atoms with Crippen LogP contribution in [0.5, 0.6) is 0 Å². The maximum absolute atomic E-state index is 10.7. The van der Waals surface area contributed by atoms with E-state index in [9.17, 15) is 5.26 Å². The van der Waals surface area contributed by atoms with E-state index in [0.717, 1.165) is 72.0 Å². The molecule has 0 bridgehead atoms. The first kappa shape index (κ1) is 31.1. The molecule has 0 saturated heterocycles. The largest absolute Gasteiger partial charge is 0.309 e. The summed E-state index contributed by atoms with van der Waals surface area (Å²) >= 11 is 0. The Morgan fingerprint density at radius 1 is 0.463 bits per heavy atom. The molecule has 0 spiro atoms. The molecule has 4 nitrogen and oxygen atoms in total. The molecule has 0 atom stereocenters. The van der Waals surface area contributed by atoms with Crippen LogP contribution in [0.1, 0.15) is 5.56 Å². The lowest BCUT2D eigenvalue weighted by Crippen LogP contribution is -1.96. The van der Waals surface area contributed by atoms with Crippen LogP contribution in [-0.4, -0.2) is 9.13 Å². The molecule has 10 rings (SSSR count). The number of hydrogen-bond donors (Lipinski definition) is 0. The van der Waals surface area contributed by atoms with Crippen molar-refractivity contribution < 1.29 is 0 Å². The van der Waals surface area contributed by atoms with Crippen molar-refractivity contribution in [2.75, 3.05) is 0 Å². The Labute approximate surface area is 312 Å². The van der Waals surface area contributed by atoms with E-state index in [-0.39, 0.29) is 0 Å². The molecule has 0 aliphatic carbocycles. The van der Waals surface area contributed by atoms with Crippen LogP contribution in [0.4, 0.5) is 5.69 Å². The Kier molecular flexibility index (Phi) is 7.22. The third-order valence-electron chi connectivity index (χ3n) is 10.6. The van der Waals surface area contributed by atoms with Gasteiger partial charge in [0.2, 0.25) is 5.69 Å².